The highest BCUT2D eigenvalue weighted by atomic mass is 35.6. The normalized spacial score (nSPS) is 12.5. The largest absolute Gasteiger partial charge is 0.493 e. The van der Waals surface area contributed by atoms with Gasteiger partial charge < -0.3 is 14.4 Å². The summed E-state index contributed by atoms with van der Waals surface area (Å²) in [6, 6.07) is 13.5. The quantitative estimate of drug-likeness (QED) is 0.154. The Kier molecular flexibility index (Phi) is 11.4. The molecule has 0 saturated heterocycles. The summed E-state index contributed by atoms with van der Waals surface area (Å²) < 4.78 is 66.8. The van der Waals surface area contributed by atoms with Crippen LogP contribution in [0.3, 0.4) is 0 Å². The first-order valence-electron chi connectivity index (χ1n) is 12.1. The second-order valence-electron chi connectivity index (χ2n) is 8.86. The molecule has 0 aliphatic rings. The summed E-state index contributed by atoms with van der Waals surface area (Å²) in [7, 11) is -2.91. The van der Waals surface area contributed by atoms with Gasteiger partial charge in [-0.05, 0) is 55.8 Å². The van der Waals surface area contributed by atoms with Crippen LogP contribution in [-0.4, -0.2) is 50.0 Å². The topological polar surface area (TPSA) is 76.2 Å². The summed E-state index contributed by atoms with van der Waals surface area (Å²) in [5.74, 6) is -1.43. The Morgan fingerprint density at radius 3 is 2.34 bits per heavy atom. The SMILES string of the molecule is CC(c1ccccc1OCCCN(C)C(=O)OCC(Cl)(Cl)Cl)N(c1cc(F)ccc1F)S(=O)(=O)c1ccc(Cl)cc1. The van der Waals surface area contributed by atoms with Crippen molar-refractivity contribution in [3.05, 3.63) is 89.0 Å². The molecule has 3 aromatic rings. The maximum absolute atomic E-state index is 15.0. The van der Waals surface area contributed by atoms with E-state index in [0.29, 0.717) is 22.8 Å². The molecule has 0 bridgehead atoms. The van der Waals surface area contributed by atoms with E-state index in [2.05, 4.69) is 0 Å². The number of nitrogens with zero attached hydrogens (tertiary/aromatic N) is 2. The Hall–Kier alpha value is -2.50. The molecule has 0 aromatic heterocycles. The van der Waals surface area contributed by atoms with Gasteiger partial charge in [0.25, 0.3) is 10.0 Å². The second kappa shape index (κ2) is 14.1. The number of amides is 1. The highest BCUT2D eigenvalue weighted by Gasteiger charge is 2.34. The molecule has 0 aliphatic carbocycles. The third-order valence-electron chi connectivity index (χ3n) is 5.80. The lowest BCUT2D eigenvalue weighted by atomic mass is 10.1. The first kappa shape index (κ1) is 33.0. The number of benzene rings is 3. The van der Waals surface area contributed by atoms with E-state index >= 15 is 4.39 Å². The average molecular weight is 670 g/mol. The van der Waals surface area contributed by atoms with Crippen LogP contribution in [0.1, 0.15) is 24.9 Å². The van der Waals surface area contributed by atoms with Crippen molar-refractivity contribution in [1.82, 2.24) is 4.90 Å². The van der Waals surface area contributed by atoms with Gasteiger partial charge in [0.2, 0.25) is 3.79 Å². The van der Waals surface area contributed by atoms with Crippen LogP contribution in [0.2, 0.25) is 5.02 Å². The van der Waals surface area contributed by atoms with E-state index in [9.17, 15) is 17.6 Å². The molecule has 0 heterocycles. The van der Waals surface area contributed by atoms with Gasteiger partial charge in [-0.1, -0.05) is 64.6 Å². The number of carbonyl (C=O) groups excluding carboxylic acids is 1. The zero-order valence-corrected chi connectivity index (χ0v) is 25.7. The van der Waals surface area contributed by atoms with E-state index in [1.54, 1.807) is 24.3 Å². The molecule has 1 amide bonds. The van der Waals surface area contributed by atoms with Crippen LogP contribution < -0.4 is 9.04 Å². The molecule has 0 spiro atoms. The van der Waals surface area contributed by atoms with Crippen molar-refractivity contribution in [2.45, 2.75) is 28.1 Å². The Balaban J connectivity index is 1.85. The molecule has 14 heteroatoms. The molecular formula is C27H26Cl4F2N2O5S. The first-order chi connectivity index (χ1) is 19.2. The van der Waals surface area contributed by atoms with Gasteiger partial charge in [0.05, 0.1) is 23.2 Å². The lowest BCUT2D eigenvalue weighted by molar-refractivity contribution is 0.111. The molecule has 0 fully saturated rings. The summed E-state index contributed by atoms with van der Waals surface area (Å²) in [6.45, 7) is 1.49. The fourth-order valence-electron chi connectivity index (χ4n) is 3.83. The minimum absolute atomic E-state index is 0.129. The third-order valence-corrected chi connectivity index (χ3v) is 8.28. The number of carbonyl (C=O) groups is 1. The monoisotopic (exact) mass is 668 g/mol. The number of hydrogen-bond acceptors (Lipinski definition) is 5. The summed E-state index contributed by atoms with van der Waals surface area (Å²) in [4.78, 5) is 13.2. The number of sulfonamides is 1. The van der Waals surface area contributed by atoms with E-state index in [1.165, 1.54) is 43.1 Å². The van der Waals surface area contributed by atoms with E-state index in [-0.39, 0.29) is 18.0 Å². The number of anilines is 1. The minimum atomic E-state index is -4.41. The number of alkyl halides is 3. The molecule has 1 atom stereocenters. The Morgan fingerprint density at radius 2 is 1.68 bits per heavy atom. The van der Waals surface area contributed by atoms with Crippen LogP contribution in [0.25, 0.3) is 0 Å². The fraction of sp³-hybridized carbons (Fsp3) is 0.296. The summed E-state index contributed by atoms with van der Waals surface area (Å²) in [5.41, 5.74) is -0.0820. The van der Waals surface area contributed by atoms with Crippen molar-refractivity contribution in [3.8, 4) is 5.75 Å². The van der Waals surface area contributed by atoms with Crippen LogP contribution in [0.15, 0.2) is 71.6 Å². The predicted molar refractivity (Wildman–Crippen MR) is 157 cm³/mol. The van der Waals surface area contributed by atoms with Crippen molar-refractivity contribution in [3.63, 3.8) is 0 Å². The van der Waals surface area contributed by atoms with Gasteiger partial charge in [-0.25, -0.2) is 22.0 Å². The van der Waals surface area contributed by atoms with Crippen LogP contribution >= 0.6 is 46.4 Å². The molecule has 0 radical (unpaired) electrons. The number of para-hydroxylation sites is 1. The number of rotatable bonds is 11. The second-order valence-corrected chi connectivity index (χ2v) is 13.6. The van der Waals surface area contributed by atoms with Crippen LogP contribution in [0.4, 0.5) is 19.3 Å². The van der Waals surface area contributed by atoms with Crippen molar-refractivity contribution >= 4 is 68.2 Å². The molecule has 0 saturated carbocycles. The van der Waals surface area contributed by atoms with Crippen LogP contribution in [0.5, 0.6) is 5.75 Å². The lowest BCUT2D eigenvalue weighted by Crippen LogP contribution is -2.34. The van der Waals surface area contributed by atoms with Crippen molar-refractivity contribution in [2.75, 3.05) is 31.1 Å². The maximum atomic E-state index is 15.0. The Labute approximate surface area is 257 Å². The van der Waals surface area contributed by atoms with Crippen molar-refractivity contribution in [1.29, 1.82) is 0 Å². The number of ether oxygens (including phenoxy) is 2. The standard InChI is InChI=1S/C27H26Cl4F2N2O5S/c1-18(22-6-3-4-7-25(22)39-15-5-14-34(2)26(36)40-17-27(29,30)31)35(24-16-20(32)10-13-23(24)33)41(37,38)21-11-8-19(28)9-12-21/h3-4,6-13,16,18H,5,14-15,17H2,1-2H3. The highest BCUT2D eigenvalue weighted by molar-refractivity contribution is 7.92. The molecule has 222 valence electrons. The smallest absolute Gasteiger partial charge is 0.409 e. The van der Waals surface area contributed by atoms with Gasteiger partial charge in [0, 0.05) is 30.2 Å². The van der Waals surface area contributed by atoms with E-state index < -0.39 is 49.9 Å². The van der Waals surface area contributed by atoms with Gasteiger partial charge in [-0.3, -0.25) is 4.31 Å². The van der Waals surface area contributed by atoms with Gasteiger partial charge >= 0.3 is 6.09 Å². The van der Waals surface area contributed by atoms with Gasteiger partial charge in [0.15, 0.2) is 0 Å². The minimum Gasteiger partial charge on any atom is -0.493 e. The third kappa shape index (κ3) is 8.99. The van der Waals surface area contributed by atoms with Crippen LogP contribution in [0, 0.1) is 11.6 Å². The first-order valence-corrected chi connectivity index (χ1v) is 15.1. The molecule has 0 aliphatic heterocycles. The Morgan fingerprint density at radius 1 is 1.02 bits per heavy atom. The highest BCUT2D eigenvalue weighted by Crippen LogP contribution is 2.38. The van der Waals surface area contributed by atoms with E-state index in [4.69, 9.17) is 55.9 Å². The molecule has 0 N–H and O–H groups in total. The van der Waals surface area contributed by atoms with E-state index in [0.717, 1.165) is 22.5 Å². The molecule has 41 heavy (non-hydrogen) atoms. The van der Waals surface area contributed by atoms with Crippen LogP contribution in [-0.2, 0) is 14.8 Å². The van der Waals surface area contributed by atoms with E-state index in [1.807, 2.05) is 0 Å². The molecule has 1 unspecified atom stereocenters. The fourth-order valence-corrected chi connectivity index (χ4v) is 5.76. The molecular weight excluding hydrogens is 644 g/mol. The zero-order valence-electron chi connectivity index (χ0n) is 21.9. The van der Waals surface area contributed by atoms with Crippen molar-refractivity contribution in [2.24, 2.45) is 0 Å². The van der Waals surface area contributed by atoms with Gasteiger partial charge in [-0.15, -0.1) is 0 Å². The lowest BCUT2D eigenvalue weighted by Gasteiger charge is -2.32. The summed E-state index contributed by atoms with van der Waals surface area (Å²) in [5, 5.41) is 0.309. The average Bonchev–Trinajstić information content (AvgIpc) is 2.91. The zero-order chi connectivity index (χ0) is 30.4. The molecule has 3 aromatic carbocycles. The Bertz CT molecular complexity index is 1460. The predicted octanol–water partition coefficient (Wildman–Crippen LogP) is 7.78. The maximum Gasteiger partial charge on any atom is 0.409 e. The number of halogens is 6. The summed E-state index contributed by atoms with van der Waals surface area (Å²) >= 11 is 22.7. The number of hydrogen-bond donors (Lipinski definition) is 0. The summed E-state index contributed by atoms with van der Waals surface area (Å²) in [6.07, 6.45) is -0.321. The van der Waals surface area contributed by atoms with Crippen molar-refractivity contribution < 1.29 is 31.5 Å². The molecule has 3 rings (SSSR count). The molecule has 7 nitrogen and oxygen atoms in total. The van der Waals surface area contributed by atoms with Gasteiger partial charge in [0.1, 0.15) is 24.0 Å². The van der Waals surface area contributed by atoms with Gasteiger partial charge in [-0.2, -0.15) is 0 Å².